The molecule has 0 saturated carbocycles. The molecule has 0 aliphatic rings. The third-order valence-electron chi connectivity index (χ3n) is 2.29. The number of nitrogens with two attached hydrogens (primary N) is 1. The normalized spacial score (nSPS) is 10.9. The molecule has 0 spiro atoms. The highest BCUT2D eigenvalue weighted by molar-refractivity contribution is 9.10. The minimum absolute atomic E-state index is 0.507. The lowest BCUT2D eigenvalue weighted by Gasteiger charge is -2.03. The second kappa shape index (κ2) is 4.69. The highest BCUT2D eigenvalue weighted by Crippen LogP contribution is 2.17. The lowest BCUT2D eigenvalue weighted by Crippen LogP contribution is -2.06. The average Bonchev–Trinajstić information content (AvgIpc) is 2.79. The third-order valence-corrected chi connectivity index (χ3v) is 2.72. The summed E-state index contributed by atoms with van der Waals surface area (Å²) in [7, 11) is 0. The van der Waals surface area contributed by atoms with Crippen molar-refractivity contribution in [2.45, 2.75) is 26.3 Å². The summed E-state index contributed by atoms with van der Waals surface area (Å²) in [6.45, 7) is 2.66. The summed E-state index contributed by atoms with van der Waals surface area (Å²) in [5.74, 6) is 1.33. The molecule has 6 heteroatoms. The summed E-state index contributed by atoms with van der Waals surface area (Å²) < 4.78 is 7.91. The molecule has 2 aromatic rings. The van der Waals surface area contributed by atoms with E-state index in [0.29, 0.717) is 17.0 Å². The van der Waals surface area contributed by atoms with E-state index in [2.05, 4.69) is 33.2 Å². The number of furan rings is 1. The van der Waals surface area contributed by atoms with Crippen LogP contribution in [0.15, 0.2) is 21.2 Å². The molecule has 86 valence electrons. The van der Waals surface area contributed by atoms with Crippen LogP contribution in [0.1, 0.15) is 24.8 Å². The van der Waals surface area contributed by atoms with Crippen molar-refractivity contribution in [1.29, 1.82) is 0 Å². The number of nitrogens with zero attached hydrogens (tertiary/aromatic N) is 3. The number of nitrogen functional groups attached to an aromatic ring is 1. The molecular weight excluding hydrogens is 272 g/mol. The predicted octanol–water partition coefficient (Wildman–Crippen LogP) is 2.22. The Kier molecular flexibility index (Phi) is 3.28. The zero-order valence-corrected chi connectivity index (χ0v) is 10.6. The number of hydrogen-bond acceptors (Lipinski definition) is 4. The quantitative estimate of drug-likeness (QED) is 0.935. The highest BCUT2D eigenvalue weighted by atomic mass is 79.9. The molecule has 0 bridgehead atoms. The molecule has 0 fully saturated rings. The van der Waals surface area contributed by atoms with E-state index in [-0.39, 0.29) is 0 Å². The van der Waals surface area contributed by atoms with E-state index in [9.17, 15) is 0 Å². The number of aromatic nitrogens is 3. The molecule has 2 aromatic heterocycles. The Hall–Kier alpha value is -1.30. The maximum atomic E-state index is 5.75. The van der Waals surface area contributed by atoms with Crippen LogP contribution < -0.4 is 5.73 Å². The standard InChI is InChI=1S/C10H13BrN4O/c1-2-3-8-10(12)13-14-15(8)6-7-4-5-9(11)16-7/h4-5H,2-3,6,12H2,1H3. The van der Waals surface area contributed by atoms with Crippen LogP contribution in [-0.2, 0) is 13.0 Å². The van der Waals surface area contributed by atoms with Gasteiger partial charge < -0.3 is 10.2 Å². The fourth-order valence-electron chi connectivity index (χ4n) is 1.55. The molecule has 0 aliphatic heterocycles. The Balaban J connectivity index is 2.20. The van der Waals surface area contributed by atoms with Crippen LogP contribution in [0.5, 0.6) is 0 Å². The Morgan fingerprint density at radius 1 is 1.50 bits per heavy atom. The lowest BCUT2D eigenvalue weighted by molar-refractivity contribution is 0.453. The average molecular weight is 285 g/mol. The van der Waals surface area contributed by atoms with Crippen molar-refractivity contribution in [3.8, 4) is 0 Å². The summed E-state index contributed by atoms with van der Waals surface area (Å²) in [5, 5.41) is 7.88. The van der Waals surface area contributed by atoms with E-state index in [1.165, 1.54) is 0 Å². The number of halogens is 1. The molecule has 0 aliphatic carbocycles. The Morgan fingerprint density at radius 2 is 2.31 bits per heavy atom. The zero-order chi connectivity index (χ0) is 11.5. The molecular formula is C10H13BrN4O. The van der Waals surface area contributed by atoms with Crippen molar-refractivity contribution in [2.24, 2.45) is 0 Å². The first-order chi connectivity index (χ1) is 7.70. The van der Waals surface area contributed by atoms with Gasteiger partial charge in [-0.05, 0) is 34.5 Å². The zero-order valence-electron chi connectivity index (χ0n) is 8.98. The van der Waals surface area contributed by atoms with E-state index < -0.39 is 0 Å². The van der Waals surface area contributed by atoms with Crippen molar-refractivity contribution in [1.82, 2.24) is 15.0 Å². The highest BCUT2D eigenvalue weighted by Gasteiger charge is 2.10. The van der Waals surface area contributed by atoms with Gasteiger partial charge in [0, 0.05) is 0 Å². The van der Waals surface area contributed by atoms with Gasteiger partial charge in [-0.15, -0.1) is 5.10 Å². The Bertz CT molecular complexity index is 477. The third kappa shape index (κ3) is 2.27. The fourth-order valence-corrected chi connectivity index (χ4v) is 1.89. The minimum atomic E-state index is 0.507. The summed E-state index contributed by atoms with van der Waals surface area (Å²) >= 11 is 3.26. The van der Waals surface area contributed by atoms with Crippen LogP contribution in [0.4, 0.5) is 5.82 Å². The fraction of sp³-hybridized carbons (Fsp3) is 0.400. The molecule has 0 amide bonds. The number of rotatable bonds is 4. The molecule has 0 aromatic carbocycles. The van der Waals surface area contributed by atoms with Gasteiger partial charge in [0.15, 0.2) is 10.5 Å². The van der Waals surface area contributed by atoms with Gasteiger partial charge in [0.25, 0.3) is 0 Å². The molecule has 0 atom stereocenters. The van der Waals surface area contributed by atoms with Gasteiger partial charge in [0.05, 0.1) is 5.69 Å². The Labute approximate surface area is 102 Å². The number of hydrogen-bond donors (Lipinski definition) is 1. The van der Waals surface area contributed by atoms with Crippen LogP contribution >= 0.6 is 15.9 Å². The van der Waals surface area contributed by atoms with E-state index in [4.69, 9.17) is 10.2 Å². The summed E-state index contributed by atoms with van der Waals surface area (Å²) in [4.78, 5) is 0. The van der Waals surface area contributed by atoms with Gasteiger partial charge in [-0.25, -0.2) is 4.68 Å². The molecule has 2 N–H and O–H groups in total. The van der Waals surface area contributed by atoms with Crippen molar-refractivity contribution >= 4 is 21.7 Å². The second-order valence-electron chi connectivity index (χ2n) is 3.53. The smallest absolute Gasteiger partial charge is 0.169 e. The topological polar surface area (TPSA) is 69.9 Å². The molecule has 0 radical (unpaired) electrons. The Morgan fingerprint density at radius 3 is 2.94 bits per heavy atom. The maximum Gasteiger partial charge on any atom is 0.169 e. The van der Waals surface area contributed by atoms with Crippen molar-refractivity contribution in [2.75, 3.05) is 5.73 Å². The van der Waals surface area contributed by atoms with E-state index in [0.717, 1.165) is 24.3 Å². The van der Waals surface area contributed by atoms with Crippen LogP contribution in [0.25, 0.3) is 0 Å². The van der Waals surface area contributed by atoms with Crippen LogP contribution in [0, 0.1) is 0 Å². The van der Waals surface area contributed by atoms with Crippen molar-refractivity contribution in [3.05, 3.63) is 28.3 Å². The minimum Gasteiger partial charge on any atom is -0.452 e. The first kappa shape index (κ1) is 11.2. The first-order valence-corrected chi connectivity index (χ1v) is 5.92. The van der Waals surface area contributed by atoms with Gasteiger partial charge in [0.2, 0.25) is 0 Å². The van der Waals surface area contributed by atoms with Gasteiger partial charge in [-0.3, -0.25) is 0 Å². The lowest BCUT2D eigenvalue weighted by atomic mass is 10.2. The van der Waals surface area contributed by atoms with Crippen LogP contribution in [0.3, 0.4) is 0 Å². The van der Waals surface area contributed by atoms with Crippen molar-refractivity contribution < 1.29 is 4.42 Å². The molecule has 2 heterocycles. The maximum absolute atomic E-state index is 5.75. The summed E-state index contributed by atoms with van der Waals surface area (Å²) in [5.41, 5.74) is 6.72. The van der Waals surface area contributed by atoms with Gasteiger partial charge in [0.1, 0.15) is 12.3 Å². The number of anilines is 1. The van der Waals surface area contributed by atoms with Gasteiger partial charge in [-0.2, -0.15) is 0 Å². The largest absolute Gasteiger partial charge is 0.452 e. The molecule has 5 nitrogen and oxygen atoms in total. The van der Waals surface area contributed by atoms with Crippen molar-refractivity contribution in [3.63, 3.8) is 0 Å². The SMILES string of the molecule is CCCc1c(N)nnn1Cc1ccc(Br)o1. The molecule has 2 rings (SSSR count). The second-order valence-corrected chi connectivity index (χ2v) is 4.32. The van der Waals surface area contributed by atoms with Gasteiger partial charge in [-0.1, -0.05) is 18.6 Å². The molecule has 16 heavy (non-hydrogen) atoms. The first-order valence-electron chi connectivity index (χ1n) is 5.12. The van der Waals surface area contributed by atoms with Crippen LogP contribution in [0.2, 0.25) is 0 Å². The van der Waals surface area contributed by atoms with Crippen LogP contribution in [-0.4, -0.2) is 15.0 Å². The predicted molar refractivity (Wildman–Crippen MR) is 63.9 cm³/mol. The molecule has 0 saturated heterocycles. The molecule has 0 unspecified atom stereocenters. The van der Waals surface area contributed by atoms with E-state index >= 15 is 0 Å². The summed E-state index contributed by atoms with van der Waals surface area (Å²) in [6.07, 6.45) is 1.89. The van der Waals surface area contributed by atoms with E-state index in [1.54, 1.807) is 4.68 Å². The van der Waals surface area contributed by atoms with Gasteiger partial charge >= 0.3 is 0 Å². The summed E-state index contributed by atoms with van der Waals surface area (Å²) in [6, 6.07) is 3.76. The van der Waals surface area contributed by atoms with E-state index in [1.807, 2.05) is 12.1 Å². The monoisotopic (exact) mass is 284 g/mol.